The van der Waals surface area contributed by atoms with Gasteiger partial charge < -0.3 is 5.32 Å². The third kappa shape index (κ3) is 4.94. The summed E-state index contributed by atoms with van der Waals surface area (Å²) in [7, 11) is 0. The van der Waals surface area contributed by atoms with E-state index in [4.69, 9.17) is 16.6 Å². The molecule has 8 heteroatoms. The van der Waals surface area contributed by atoms with Crippen molar-refractivity contribution in [3.63, 3.8) is 0 Å². The lowest BCUT2D eigenvalue weighted by Crippen LogP contribution is -2.12. The van der Waals surface area contributed by atoms with E-state index in [9.17, 15) is 4.79 Å². The van der Waals surface area contributed by atoms with Gasteiger partial charge in [0.15, 0.2) is 11.5 Å². The van der Waals surface area contributed by atoms with E-state index in [1.54, 1.807) is 11.6 Å². The topological polar surface area (TPSA) is 72.7 Å². The second-order valence-corrected chi connectivity index (χ2v) is 8.40. The molecule has 4 rings (SSSR count). The third-order valence-corrected chi connectivity index (χ3v) is 5.94. The summed E-state index contributed by atoms with van der Waals surface area (Å²) in [5.41, 5.74) is 2.82. The highest BCUT2D eigenvalue weighted by molar-refractivity contribution is 7.03. The standard InChI is InChI=1S/C23H23ClN5OS/c1-2-3-4-5-9-12-29-22-18(21(28-29)27-23(30)17-14-25-31-15-17)13-19(24)20(26-22)16-10-7-6-8-11-16/h7-8,10-11,13-15H,2-5,9,12H2,1H3,(H,27,28,30). The molecule has 159 valence electrons. The number of rotatable bonds is 9. The summed E-state index contributed by atoms with van der Waals surface area (Å²) in [6.45, 7) is 2.93. The summed E-state index contributed by atoms with van der Waals surface area (Å²) in [4.78, 5) is 17.4. The van der Waals surface area contributed by atoms with Gasteiger partial charge in [-0.15, -0.1) is 0 Å². The van der Waals surface area contributed by atoms with Crippen LogP contribution in [0.1, 0.15) is 49.4 Å². The first-order valence-electron chi connectivity index (χ1n) is 10.4. The predicted molar refractivity (Wildman–Crippen MR) is 126 cm³/mol. The van der Waals surface area contributed by atoms with Crippen molar-refractivity contribution in [1.29, 1.82) is 0 Å². The fourth-order valence-corrected chi connectivity index (χ4v) is 4.21. The number of amides is 1. The number of benzene rings is 1. The predicted octanol–water partition coefficient (Wildman–Crippen LogP) is 6.23. The number of hydrogen-bond donors (Lipinski definition) is 1. The second-order valence-electron chi connectivity index (χ2n) is 7.33. The van der Waals surface area contributed by atoms with Gasteiger partial charge in [-0.2, -0.15) is 5.10 Å². The number of unbranched alkanes of at least 4 members (excludes halogenated alkanes) is 4. The Morgan fingerprint density at radius 2 is 2.03 bits per heavy atom. The van der Waals surface area contributed by atoms with Crippen molar-refractivity contribution in [2.45, 2.75) is 45.6 Å². The lowest BCUT2D eigenvalue weighted by Gasteiger charge is -2.07. The van der Waals surface area contributed by atoms with Crippen LogP contribution < -0.4 is 5.32 Å². The van der Waals surface area contributed by atoms with Crippen molar-refractivity contribution < 1.29 is 4.79 Å². The zero-order valence-electron chi connectivity index (χ0n) is 17.3. The van der Waals surface area contributed by atoms with Crippen molar-refractivity contribution in [3.05, 3.63) is 58.6 Å². The molecule has 1 N–H and O–H groups in total. The van der Waals surface area contributed by atoms with Gasteiger partial charge in [0.05, 0.1) is 27.9 Å². The minimum atomic E-state index is -0.248. The normalized spacial score (nSPS) is 11.2. The molecule has 3 aromatic heterocycles. The second kappa shape index (κ2) is 10.0. The number of aryl methyl sites for hydroxylation is 1. The number of carbonyl (C=O) groups excluding carboxylic acids is 1. The summed E-state index contributed by atoms with van der Waals surface area (Å²) in [5.74, 6) is 0.212. The Morgan fingerprint density at radius 1 is 1.23 bits per heavy atom. The lowest BCUT2D eigenvalue weighted by atomic mass is 10.1. The molecule has 31 heavy (non-hydrogen) atoms. The van der Waals surface area contributed by atoms with Crippen molar-refractivity contribution in [2.24, 2.45) is 0 Å². The maximum Gasteiger partial charge on any atom is 0.259 e. The van der Waals surface area contributed by atoms with Crippen LogP contribution in [0.2, 0.25) is 5.02 Å². The Balaban J connectivity index is 1.69. The minimum absolute atomic E-state index is 0.248. The summed E-state index contributed by atoms with van der Waals surface area (Å²) >= 11 is 7.82. The molecule has 0 spiro atoms. The number of fused-ring (bicyclic) bond motifs is 1. The van der Waals surface area contributed by atoms with E-state index in [1.807, 2.05) is 35.0 Å². The molecule has 0 bridgehead atoms. The number of pyridine rings is 1. The molecule has 0 aliphatic heterocycles. The largest absolute Gasteiger partial charge is 0.304 e. The van der Waals surface area contributed by atoms with Crippen LogP contribution >= 0.6 is 23.1 Å². The molecule has 0 aliphatic carbocycles. The number of nitrogens with one attached hydrogen (secondary N) is 1. The Kier molecular flexibility index (Phi) is 6.94. The van der Waals surface area contributed by atoms with Crippen LogP contribution in [0.4, 0.5) is 5.82 Å². The fourth-order valence-electron chi connectivity index (χ4n) is 3.43. The van der Waals surface area contributed by atoms with Crippen LogP contribution in [0.5, 0.6) is 0 Å². The van der Waals surface area contributed by atoms with Gasteiger partial charge in [0.1, 0.15) is 0 Å². The molecular weight excluding hydrogens is 430 g/mol. The van der Waals surface area contributed by atoms with Crippen LogP contribution in [0, 0.1) is 6.07 Å². The van der Waals surface area contributed by atoms with E-state index < -0.39 is 0 Å². The first-order valence-corrected chi connectivity index (χ1v) is 11.6. The SMILES string of the molecule is CCCCCCCn1nc(NC(=O)c2cnsc2)c2cc(Cl)c(-c3cc[c]cc3)nc21. The molecule has 1 aromatic carbocycles. The highest BCUT2D eigenvalue weighted by atomic mass is 35.5. The zero-order valence-corrected chi connectivity index (χ0v) is 18.8. The van der Waals surface area contributed by atoms with Gasteiger partial charge in [-0.1, -0.05) is 68.5 Å². The highest BCUT2D eigenvalue weighted by Crippen LogP contribution is 2.32. The number of aromatic nitrogens is 4. The zero-order chi connectivity index (χ0) is 21.6. The first kappa shape index (κ1) is 21.5. The third-order valence-electron chi connectivity index (χ3n) is 5.07. The van der Waals surface area contributed by atoms with Crippen molar-refractivity contribution >= 4 is 45.9 Å². The summed E-state index contributed by atoms with van der Waals surface area (Å²) < 4.78 is 5.87. The number of anilines is 1. The number of hydrogen-bond acceptors (Lipinski definition) is 5. The Bertz CT molecular complexity index is 1160. The molecule has 1 amide bonds. The molecule has 0 fully saturated rings. The Morgan fingerprint density at radius 3 is 2.77 bits per heavy atom. The van der Waals surface area contributed by atoms with Gasteiger partial charge in [0.25, 0.3) is 5.91 Å². The lowest BCUT2D eigenvalue weighted by molar-refractivity contribution is 0.102. The molecule has 0 saturated heterocycles. The Labute approximate surface area is 190 Å². The van der Waals surface area contributed by atoms with Gasteiger partial charge in [0, 0.05) is 17.5 Å². The first-order chi connectivity index (χ1) is 15.2. The summed E-state index contributed by atoms with van der Waals surface area (Å²) in [6, 6.07) is 12.4. The van der Waals surface area contributed by atoms with E-state index in [2.05, 4.69) is 27.8 Å². The summed E-state index contributed by atoms with van der Waals surface area (Å²) in [6.07, 6.45) is 7.32. The molecule has 3 heterocycles. The van der Waals surface area contributed by atoms with E-state index in [0.29, 0.717) is 27.7 Å². The van der Waals surface area contributed by atoms with E-state index in [-0.39, 0.29) is 5.91 Å². The Hall–Kier alpha value is -2.77. The molecule has 0 atom stereocenters. The summed E-state index contributed by atoms with van der Waals surface area (Å²) in [5, 5.41) is 10.5. The van der Waals surface area contributed by atoms with Gasteiger partial charge in [-0.25, -0.2) is 14.0 Å². The quantitative estimate of drug-likeness (QED) is 0.305. The minimum Gasteiger partial charge on any atom is -0.304 e. The van der Waals surface area contributed by atoms with Crippen molar-refractivity contribution in [3.8, 4) is 11.3 Å². The molecule has 0 aliphatic rings. The van der Waals surface area contributed by atoms with Crippen LogP contribution in [-0.2, 0) is 6.54 Å². The van der Waals surface area contributed by atoms with Gasteiger partial charge in [0.2, 0.25) is 0 Å². The fraction of sp³-hybridized carbons (Fsp3) is 0.304. The van der Waals surface area contributed by atoms with Gasteiger partial charge in [-0.3, -0.25) is 4.79 Å². The van der Waals surface area contributed by atoms with Gasteiger partial charge in [-0.05, 0) is 30.1 Å². The molecule has 0 saturated carbocycles. The van der Waals surface area contributed by atoms with Crippen LogP contribution in [0.15, 0.2) is 41.9 Å². The average Bonchev–Trinajstić information content (AvgIpc) is 3.43. The maximum absolute atomic E-state index is 12.6. The monoisotopic (exact) mass is 452 g/mol. The van der Waals surface area contributed by atoms with E-state index in [0.717, 1.165) is 30.3 Å². The molecule has 6 nitrogen and oxygen atoms in total. The van der Waals surface area contributed by atoms with Crippen LogP contribution in [-0.4, -0.2) is 25.0 Å². The highest BCUT2D eigenvalue weighted by Gasteiger charge is 2.19. The van der Waals surface area contributed by atoms with Crippen molar-refractivity contribution in [2.75, 3.05) is 5.32 Å². The molecular formula is C23H23ClN5OS. The van der Waals surface area contributed by atoms with Crippen LogP contribution in [0.3, 0.4) is 0 Å². The molecule has 1 radical (unpaired) electrons. The van der Waals surface area contributed by atoms with E-state index >= 15 is 0 Å². The van der Waals surface area contributed by atoms with Gasteiger partial charge >= 0.3 is 0 Å². The number of halogens is 1. The smallest absolute Gasteiger partial charge is 0.259 e. The van der Waals surface area contributed by atoms with Crippen LogP contribution in [0.25, 0.3) is 22.3 Å². The number of nitrogens with zero attached hydrogens (tertiary/aromatic N) is 4. The van der Waals surface area contributed by atoms with E-state index in [1.165, 1.54) is 30.8 Å². The number of carbonyl (C=O) groups is 1. The molecule has 4 aromatic rings. The van der Waals surface area contributed by atoms with Crippen molar-refractivity contribution in [1.82, 2.24) is 19.1 Å². The molecule has 0 unspecified atom stereocenters. The maximum atomic E-state index is 12.6. The average molecular weight is 453 g/mol.